The molecule has 1 fully saturated rings. The van der Waals surface area contributed by atoms with Crippen molar-refractivity contribution in [3.8, 4) is 0 Å². The summed E-state index contributed by atoms with van der Waals surface area (Å²) in [7, 11) is 0. The number of hydrogen-bond donors (Lipinski definition) is 1. The maximum Gasteiger partial charge on any atom is 0.201 e. The van der Waals surface area contributed by atoms with Gasteiger partial charge < -0.3 is 15.0 Å². The van der Waals surface area contributed by atoms with E-state index in [1.807, 2.05) is 22.8 Å². The van der Waals surface area contributed by atoms with Crippen molar-refractivity contribution in [2.45, 2.75) is 31.9 Å². The van der Waals surface area contributed by atoms with Crippen LogP contribution in [0.4, 0.5) is 5.95 Å². The van der Waals surface area contributed by atoms with E-state index in [0.29, 0.717) is 17.1 Å². The first-order valence-corrected chi connectivity index (χ1v) is 6.65. The average molecular weight is 266 g/mol. The van der Waals surface area contributed by atoms with Crippen LogP contribution in [0.25, 0.3) is 11.0 Å². The maximum atomic E-state index is 5.96. The van der Waals surface area contributed by atoms with E-state index >= 15 is 0 Å². The van der Waals surface area contributed by atoms with Crippen molar-refractivity contribution < 1.29 is 4.74 Å². The molecule has 3 rings (SSSR count). The fourth-order valence-electron chi connectivity index (χ4n) is 2.50. The SMILES string of the molecule is Nc1nc2cc(Cl)ccc2n1CCC1CCCO1. The first-order valence-electron chi connectivity index (χ1n) is 6.27. The normalized spacial score (nSPS) is 19.7. The molecule has 2 aromatic rings. The monoisotopic (exact) mass is 265 g/mol. The standard InChI is InChI=1S/C13H16ClN3O/c14-9-3-4-12-11(8-9)16-13(15)17(12)6-5-10-2-1-7-18-10/h3-4,8,10H,1-2,5-7H2,(H2,15,16). The Morgan fingerprint density at radius 3 is 3.17 bits per heavy atom. The van der Waals surface area contributed by atoms with Gasteiger partial charge in [-0.05, 0) is 37.5 Å². The fourth-order valence-corrected chi connectivity index (χ4v) is 2.67. The van der Waals surface area contributed by atoms with Crippen molar-refractivity contribution in [1.29, 1.82) is 0 Å². The summed E-state index contributed by atoms with van der Waals surface area (Å²) in [5, 5.41) is 0.686. The molecule has 2 heterocycles. The average Bonchev–Trinajstić information content (AvgIpc) is 2.93. The summed E-state index contributed by atoms with van der Waals surface area (Å²) in [6.07, 6.45) is 3.67. The minimum absolute atomic E-state index is 0.370. The summed E-state index contributed by atoms with van der Waals surface area (Å²) in [5.41, 5.74) is 7.85. The highest BCUT2D eigenvalue weighted by molar-refractivity contribution is 6.31. The number of ether oxygens (including phenoxy) is 1. The lowest BCUT2D eigenvalue weighted by Gasteiger charge is -2.11. The van der Waals surface area contributed by atoms with Gasteiger partial charge >= 0.3 is 0 Å². The van der Waals surface area contributed by atoms with Crippen molar-refractivity contribution >= 4 is 28.6 Å². The zero-order valence-electron chi connectivity index (χ0n) is 10.1. The Morgan fingerprint density at radius 1 is 1.50 bits per heavy atom. The van der Waals surface area contributed by atoms with Crippen LogP contribution in [0.2, 0.25) is 5.02 Å². The van der Waals surface area contributed by atoms with E-state index in [2.05, 4.69) is 4.98 Å². The Balaban J connectivity index is 1.84. The molecule has 0 amide bonds. The molecule has 0 aliphatic carbocycles. The van der Waals surface area contributed by atoms with Gasteiger partial charge in [0.15, 0.2) is 0 Å². The van der Waals surface area contributed by atoms with E-state index in [-0.39, 0.29) is 0 Å². The molecule has 1 unspecified atom stereocenters. The van der Waals surface area contributed by atoms with Gasteiger partial charge in [-0.3, -0.25) is 0 Å². The van der Waals surface area contributed by atoms with Crippen molar-refractivity contribution in [3.05, 3.63) is 23.2 Å². The van der Waals surface area contributed by atoms with Crippen LogP contribution in [0, 0.1) is 0 Å². The van der Waals surface area contributed by atoms with Gasteiger partial charge in [0.05, 0.1) is 17.1 Å². The summed E-state index contributed by atoms with van der Waals surface area (Å²) in [5.74, 6) is 0.547. The molecule has 1 saturated heterocycles. The lowest BCUT2D eigenvalue weighted by atomic mass is 10.2. The van der Waals surface area contributed by atoms with E-state index < -0.39 is 0 Å². The zero-order valence-corrected chi connectivity index (χ0v) is 10.9. The molecule has 0 saturated carbocycles. The van der Waals surface area contributed by atoms with Crippen LogP contribution in [0.3, 0.4) is 0 Å². The van der Waals surface area contributed by atoms with Crippen LogP contribution >= 0.6 is 11.6 Å². The molecule has 2 N–H and O–H groups in total. The third-order valence-corrected chi connectivity index (χ3v) is 3.67. The van der Waals surface area contributed by atoms with E-state index in [0.717, 1.165) is 37.0 Å². The second-order valence-electron chi connectivity index (χ2n) is 4.68. The predicted molar refractivity (Wildman–Crippen MR) is 72.7 cm³/mol. The summed E-state index contributed by atoms with van der Waals surface area (Å²) >= 11 is 5.95. The maximum absolute atomic E-state index is 5.96. The summed E-state index contributed by atoms with van der Waals surface area (Å²) < 4.78 is 7.66. The number of aryl methyl sites for hydroxylation is 1. The van der Waals surface area contributed by atoms with Crippen molar-refractivity contribution in [3.63, 3.8) is 0 Å². The number of anilines is 1. The molecule has 1 aliphatic heterocycles. The number of fused-ring (bicyclic) bond motifs is 1. The van der Waals surface area contributed by atoms with E-state index in [1.54, 1.807) is 0 Å². The number of halogens is 1. The van der Waals surface area contributed by atoms with Gasteiger partial charge in [0.1, 0.15) is 0 Å². The van der Waals surface area contributed by atoms with Crippen molar-refractivity contribution in [1.82, 2.24) is 9.55 Å². The van der Waals surface area contributed by atoms with Gasteiger partial charge in [0.25, 0.3) is 0 Å². The van der Waals surface area contributed by atoms with Crippen molar-refractivity contribution in [2.24, 2.45) is 0 Å². The van der Waals surface area contributed by atoms with Crippen LogP contribution in [0.15, 0.2) is 18.2 Å². The molecular weight excluding hydrogens is 250 g/mol. The second kappa shape index (κ2) is 4.78. The molecule has 0 bridgehead atoms. The van der Waals surface area contributed by atoms with Crippen LogP contribution in [0.5, 0.6) is 0 Å². The Kier molecular flexibility index (Phi) is 3.14. The molecule has 1 aromatic heterocycles. The molecule has 18 heavy (non-hydrogen) atoms. The number of aromatic nitrogens is 2. The van der Waals surface area contributed by atoms with Crippen LogP contribution in [0.1, 0.15) is 19.3 Å². The van der Waals surface area contributed by atoms with E-state index in [9.17, 15) is 0 Å². The number of rotatable bonds is 3. The third-order valence-electron chi connectivity index (χ3n) is 3.44. The minimum Gasteiger partial charge on any atom is -0.378 e. The summed E-state index contributed by atoms with van der Waals surface area (Å²) in [6, 6.07) is 5.68. The van der Waals surface area contributed by atoms with E-state index in [1.165, 1.54) is 6.42 Å². The molecule has 96 valence electrons. The third kappa shape index (κ3) is 2.18. The molecule has 5 heteroatoms. The molecule has 1 aliphatic rings. The van der Waals surface area contributed by atoms with Crippen molar-refractivity contribution in [2.75, 3.05) is 12.3 Å². The number of nitrogen functional groups attached to an aromatic ring is 1. The van der Waals surface area contributed by atoms with Gasteiger partial charge in [-0.1, -0.05) is 11.6 Å². The number of hydrogen-bond acceptors (Lipinski definition) is 3. The van der Waals surface area contributed by atoms with Gasteiger partial charge in [-0.2, -0.15) is 0 Å². The van der Waals surface area contributed by atoms with Crippen LogP contribution in [-0.4, -0.2) is 22.3 Å². The van der Waals surface area contributed by atoms with Gasteiger partial charge in [0, 0.05) is 18.2 Å². The minimum atomic E-state index is 0.370. The number of nitrogens with two attached hydrogens (primary N) is 1. The summed E-state index contributed by atoms with van der Waals surface area (Å²) in [6.45, 7) is 1.73. The summed E-state index contributed by atoms with van der Waals surface area (Å²) in [4.78, 5) is 4.33. The lowest BCUT2D eigenvalue weighted by Crippen LogP contribution is -2.11. The van der Waals surface area contributed by atoms with Crippen LogP contribution in [-0.2, 0) is 11.3 Å². The fraction of sp³-hybridized carbons (Fsp3) is 0.462. The number of imidazole rings is 1. The number of nitrogens with zero attached hydrogens (tertiary/aromatic N) is 2. The van der Waals surface area contributed by atoms with E-state index in [4.69, 9.17) is 22.1 Å². The van der Waals surface area contributed by atoms with Gasteiger partial charge in [-0.25, -0.2) is 4.98 Å². The molecule has 1 aromatic carbocycles. The zero-order chi connectivity index (χ0) is 12.5. The Labute approximate surface area is 111 Å². The lowest BCUT2D eigenvalue weighted by molar-refractivity contribution is 0.101. The molecular formula is C13H16ClN3O. The quantitative estimate of drug-likeness (QED) is 0.928. The predicted octanol–water partition coefficient (Wildman–Crippen LogP) is 2.84. The smallest absolute Gasteiger partial charge is 0.201 e. The Bertz CT molecular complexity index is 561. The first-order chi connectivity index (χ1) is 8.74. The highest BCUT2D eigenvalue weighted by Crippen LogP contribution is 2.23. The topological polar surface area (TPSA) is 53.1 Å². The molecule has 4 nitrogen and oxygen atoms in total. The first kappa shape index (κ1) is 11.8. The van der Waals surface area contributed by atoms with Crippen LogP contribution < -0.4 is 5.73 Å². The largest absolute Gasteiger partial charge is 0.378 e. The molecule has 0 spiro atoms. The highest BCUT2D eigenvalue weighted by Gasteiger charge is 2.16. The van der Waals surface area contributed by atoms with Gasteiger partial charge in [0.2, 0.25) is 5.95 Å². The molecule has 1 atom stereocenters. The number of benzene rings is 1. The Morgan fingerprint density at radius 2 is 2.39 bits per heavy atom. The highest BCUT2D eigenvalue weighted by atomic mass is 35.5. The Hall–Kier alpha value is -1.26. The second-order valence-corrected chi connectivity index (χ2v) is 5.11. The van der Waals surface area contributed by atoms with Gasteiger partial charge in [-0.15, -0.1) is 0 Å². The molecule has 0 radical (unpaired) electrons.